The summed E-state index contributed by atoms with van der Waals surface area (Å²) in [6, 6.07) is 14.5. The molecule has 2 amide bonds. The maximum Gasteiger partial charge on any atom is 0.320 e. The number of hydrogen-bond acceptors (Lipinski definition) is 5. The Balaban J connectivity index is 1.79. The lowest BCUT2D eigenvalue weighted by Crippen LogP contribution is -2.52. The van der Waals surface area contributed by atoms with E-state index in [4.69, 9.17) is 10.7 Å². The lowest BCUT2D eigenvalue weighted by molar-refractivity contribution is 0.0770. The number of carbonyl (C=O) groups excluding carboxylic acids is 1. The van der Waals surface area contributed by atoms with E-state index in [1.807, 2.05) is 61.9 Å². The number of halogens is 2. The average molecular weight is 616 g/mol. The van der Waals surface area contributed by atoms with Gasteiger partial charge in [-0.15, -0.1) is 0 Å². The Hall–Kier alpha value is -3.31. The van der Waals surface area contributed by atoms with Gasteiger partial charge in [0.1, 0.15) is 28.2 Å². The Kier molecular flexibility index (Phi) is 10.3. The van der Waals surface area contributed by atoms with Crippen molar-refractivity contribution in [2.75, 3.05) is 32.6 Å². The molecular formula is C32H43F2N5O3S. The molecule has 0 bridgehead atoms. The number of aromatic nitrogens is 2. The minimum Gasteiger partial charge on any atom is -0.328 e. The first-order chi connectivity index (χ1) is 20.3. The molecule has 1 saturated heterocycles. The summed E-state index contributed by atoms with van der Waals surface area (Å²) in [6.45, 7) is 6.60. The monoisotopic (exact) mass is 615 g/mol. The van der Waals surface area contributed by atoms with Crippen molar-refractivity contribution in [1.82, 2.24) is 19.4 Å². The van der Waals surface area contributed by atoms with Gasteiger partial charge in [-0.1, -0.05) is 63.2 Å². The van der Waals surface area contributed by atoms with Crippen molar-refractivity contribution in [3.63, 3.8) is 0 Å². The largest absolute Gasteiger partial charge is 0.328 e. The topological polar surface area (TPSA) is 102 Å². The third-order valence-corrected chi connectivity index (χ3v) is 9.69. The second-order valence-corrected chi connectivity index (χ2v) is 14.9. The van der Waals surface area contributed by atoms with Gasteiger partial charge in [0.15, 0.2) is 0 Å². The molecule has 8 nitrogen and oxygen atoms in total. The minimum absolute atomic E-state index is 0.186. The molecule has 43 heavy (non-hydrogen) atoms. The highest BCUT2D eigenvalue weighted by molar-refractivity contribution is 7.91. The van der Waals surface area contributed by atoms with Crippen molar-refractivity contribution < 1.29 is 22.0 Å². The zero-order valence-corrected chi connectivity index (χ0v) is 26.2. The van der Waals surface area contributed by atoms with Crippen LogP contribution in [0.2, 0.25) is 0 Å². The number of nitrogens with two attached hydrogens (primary N) is 1. The van der Waals surface area contributed by atoms with Crippen LogP contribution in [0.4, 0.5) is 13.6 Å². The molecule has 1 fully saturated rings. The van der Waals surface area contributed by atoms with E-state index in [0.717, 1.165) is 5.56 Å². The Morgan fingerprint density at radius 2 is 1.79 bits per heavy atom. The fourth-order valence-electron chi connectivity index (χ4n) is 5.71. The van der Waals surface area contributed by atoms with Crippen molar-refractivity contribution >= 4 is 15.9 Å². The van der Waals surface area contributed by atoms with Gasteiger partial charge in [0.05, 0.1) is 17.0 Å². The van der Waals surface area contributed by atoms with Crippen LogP contribution in [-0.4, -0.2) is 77.7 Å². The number of piperidine rings is 1. The van der Waals surface area contributed by atoms with Gasteiger partial charge in [0, 0.05) is 50.2 Å². The fraction of sp³-hybridized carbons (Fsp3) is 0.500. The van der Waals surface area contributed by atoms with E-state index in [1.165, 1.54) is 18.4 Å². The molecule has 0 radical (unpaired) electrons. The Bertz CT molecular complexity index is 1480. The molecule has 2 heterocycles. The van der Waals surface area contributed by atoms with Crippen LogP contribution in [0.15, 0.2) is 60.8 Å². The number of sulfone groups is 1. The number of alkyl halides is 1. The number of carbonyl (C=O) groups is 1. The first-order valence-electron chi connectivity index (χ1n) is 14.7. The highest BCUT2D eigenvalue weighted by Gasteiger charge is 2.41. The molecule has 3 aromatic rings. The van der Waals surface area contributed by atoms with Crippen LogP contribution < -0.4 is 5.73 Å². The van der Waals surface area contributed by atoms with E-state index in [9.17, 15) is 22.0 Å². The van der Waals surface area contributed by atoms with Gasteiger partial charge < -0.3 is 20.1 Å². The standard InChI is InChI=1S/C32H43F2N5O3S/c1-32(2,3)29(39(18-13-26(35)20-33)31(40)37-16-14-27(15-17-37)43(4,41)42)30-36-28(24-11-8-12-25(34)19-24)22-38(30)21-23-9-6-5-7-10-23/h5-12,19,22,26-27,29H,13-18,20-21,35H2,1-4H3/t26-,29+/m1/s1. The molecular weight excluding hydrogens is 572 g/mol. The van der Waals surface area contributed by atoms with E-state index in [-0.39, 0.29) is 24.8 Å². The number of amides is 2. The van der Waals surface area contributed by atoms with Gasteiger partial charge in [-0.25, -0.2) is 27.0 Å². The van der Waals surface area contributed by atoms with E-state index in [0.29, 0.717) is 49.6 Å². The predicted octanol–water partition coefficient (Wildman–Crippen LogP) is 5.44. The van der Waals surface area contributed by atoms with Gasteiger partial charge in [-0.05, 0) is 42.4 Å². The molecule has 1 aliphatic rings. The number of hydrogen-bond donors (Lipinski definition) is 1. The van der Waals surface area contributed by atoms with Gasteiger partial charge in [0.25, 0.3) is 0 Å². The highest BCUT2D eigenvalue weighted by Crippen LogP contribution is 2.40. The second kappa shape index (κ2) is 13.5. The Morgan fingerprint density at radius 3 is 2.37 bits per heavy atom. The fourth-order valence-corrected chi connectivity index (χ4v) is 6.78. The minimum atomic E-state index is -3.21. The van der Waals surface area contributed by atoms with Crippen LogP contribution in [0, 0.1) is 11.2 Å². The van der Waals surface area contributed by atoms with Gasteiger partial charge in [-0.2, -0.15) is 0 Å². The molecule has 2 aromatic carbocycles. The lowest BCUT2D eigenvalue weighted by Gasteiger charge is -2.43. The molecule has 0 aliphatic carbocycles. The normalized spacial score (nSPS) is 16.2. The molecule has 11 heteroatoms. The first kappa shape index (κ1) is 32.6. The molecule has 0 saturated carbocycles. The third kappa shape index (κ3) is 8.20. The quantitative estimate of drug-likeness (QED) is 0.327. The number of benzene rings is 2. The van der Waals surface area contributed by atoms with Crippen LogP contribution in [0.3, 0.4) is 0 Å². The molecule has 1 aliphatic heterocycles. The van der Waals surface area contributed by atoms with Crippen molar-refractivity contribution in [3.05, 3.63) is 78.0 Å². The summed E-state index contributed by atoms with van der Waals surface area (Å²) in [7, 11) is -3.21. The van der Waals surface area contributed by atoms with Crippen molar-refractivity contribution in [1.29, 1.82) is 0 Å². The van der Waals surface area contributed by atoms with Crippen LogP contribution in [0.5, 0.6) is 0 Å². The summed E-state index contributed by atoms with van der Waals surface area (Å²) >= 11 is 0. The predicted molar refractivity (Wildman–Crippen MR) is 165 cm³/mol. The summed E-state index contributed by atoms with van der Waals surface area (Å²) in [5.74, 6) is 0.238. The SMILES string of the molecule is CC(C)(C)[C@H](c1nc(-c2cccc(F)c2)cn1Cc1ccccc1)N(CC[C@@H](N)CF)C(=O)N1CCC(S(C)(=O)=O)CC1. The van der Waals surface area contributed by atoms with Crippen LogP contribution in [0.1, 0.15) is 57.5 Å². The molecule has 2 N–H and O–H groups in total. The molecule has 4 rings (SSSR count). The number of rotatable bonds is 10. The number of imidazole rings is 1. The number of nitrogens with zero attached hydrogens (tertiary/aromatic N) is 4. The summed E-state index contributed by atoms with van der Waals surface area (Å²) in [5.41, 5.74) is 7.67. The molecule has 234 valence electrons. The summed E-state index contributed by atoms with van der Waals surface area (Å²) in [4.78, 5) is 22.7. The van der Waals surface area contributed by atoms with Crippen molar-refractivity contribution in [3.8, 4) is 11.3 Å². The Morgan fingerprint density at radius 1 is 1.12 bits per heavy atom. The van der Waals surface area contributed by atoms with Crippen LogP contribution >= 0.6 is 0 Å². The maximum absolute atomic E-state index is 14.3. The third-order valence-electron chi connectivity index (χ3n) is 8.00. The zero-order valence-electron chi connectivity index (χ0n) is 25.4. The Labute approximate surface area is 253 Å². The molecule has 0 unspecified atom stereocenters. The van der Waals surface area contributed by atoms with Gasteiger partial charge in [0.2, 0.25) is 0 Å². The summed E-state index contributed by atoms with van der Waals surface area (Å²) < 4.78 is 54.0. The van der Waals surface area contributed by atoms with E-state index >= 15 is 0 Å². The first-order valence-corrected chi connectivity index (χ1v) is 16.7. The smallest absolute Gasteiger partial charge is 0.320 e. The summed E-state index contributed by atoms with van der Waals surface area (Å²) in [5, 5.41) is -0.484. The maximum atomic E-state index is 14.3. The van der Waals surface area contributed by atoms with E-state index < -0.39 is 39.3 Å². The van der Waals surface area contributed by atoms with Crippen LogP contribution in [-0.2, 0) is 16.4 Å². The average Bonchev–Trinajstić information content (AvgIpc) is 3.36. The van der Waals surface area contributed by atoms with E-state index in [1.54, 1.807) is 21.9 Å². The highest BCUT2D eigenvalue weighted by atomic mass is 32.2. The van der Waals surface area contributed by atoms with E-state index in [2.05, 4.69) is 0 Å². The zero-order chi connectivity index (χ0) is 31.4. The van der Waals surface area contributed by atoms with Crippen molar-refractivity contribution in [2.24, 2.45) is 11.1 Å². The number of urea groups is 1. The number of likely N-dealkylation sites (tertiary alicyclic amines) is 1. The molecule has 2 atom stereocenters. The summed E-state index contributed by atoms with van der Waals surface area (Å²) in [6.07, 6.45) is 4.07. The second-order valence-electron chi connectivity index (χ2n) is 12.6. The van der Waals surface area contributed by atoms with Crippen LogP contribution in [0.25, 0.3) is 11.3 Å². The van der Waals surface area contributed by atoms with Gasteiger partial charge in [-0.3, -0.25) is 0 Å². The molecule has 1 aromatic heterocycles. The van der Waals surface area contributed by atoms with Gasteiger partial charge >= 0.3 is 6.03 Å². The molecule has 0 spiro atoms. The lowest BCUT2D eigenvalue weighted by atomic mass is 9.84. The van der Waals surface area contributed by atoms with Crippen molar-refractivity contribution in [2.45, 2.75) is 63.9 Å².